The van der Waals surface area contributed by atoms with Crippen LogP contribution < -0.4 is 19.5 Å². The first kappa shape index (κ1) is 15.1. The van der Waals surface area contributed by atoms with Crippen molar-refractivity contribution < 1.29 is 19.0 Å². The van der Waals surface area contributed by atoms with E-state index in [1.165, 1.54) is 0 Å². The van der Waals surface area contributed by atoms with Crippen LogP contribution in [0.4, 0.5) is 0 Å². The highest BCUT2D eigenvalue weighted by molar-refractivity contribution is 5.97. The minimum absolute atomic E-state index is 0.181. The molecule has 23 heavy (non-hydrogen) atoms. The minimum atomic E-state index is -0.214. The Kier molecular flexibility index (Phi) is 4.61. The van der Waals surface area contributed by atoms with E-state index in [2.05, 4.69) is 10.3 Å². The van der Waals surface area contributed by atoms with Crippen molar-refractivity contribution in [2.75, 3.05) is 19.8 Å². The lowest BCUT2D eigenvalue weighted by atomic mass is 10.1. The van der Waals surface area contributed by atoms with Gasteiger partial charge < -0.3 is 19.5 Å². The molecule has 2 aromatic rings. The molecule has 0 aliphatic carbocycles. The Morgan fingerprint density at radius 2 is 2.17 bits per heavy atom. The molecular formula is C17H18N2O4. The highest BCUT2D eigenvalue weighted by atomic mass is 16.6. The second kappa shape index (κ2) is 7.00. The summed E-state index contributed by atoms with van der Waals surface area (Å²) in [6, 6.07) is 8.91. The molecule has 0 radical (unpaired) electrons. The Hall–Kier alpha value is -2.76. The number of fused-ring (bicyclic) bond motifs is 1. The first-order chi connectivity index (χ1) is 11.2. The summed E-state index contributed by atoms with van der Waals surface area (Å²) >= 11 is 0. The van der Waals surface area contributed by atoms with Crippen molar-refractivity contribution in [3.05, 3.63) is 48.3 Å². The average molecular weight is 314 g/mol. The second-order valence-corrected chi connectivity index (χ2v) is 5.16. The van der Waals surface area contributed by atoms with Gasteiger partial charge in [-0.1, -0.05) is 6.07 Å². The van der Waals surface area contributed by atoms with Gasteiger partial charge in [0, 0.05) is 6.20 Å². The fourth-order valence-corrected chi connectivity index (χ4v) is 2.27. The van der Waals surface area contributed by atoms with Gasteiger partial charge in [0.25, 0.3) is 5.91 Å². The van der Waals surface area contributed by atoms with Crippen LogP contribution in [0.1, 0.15) is 17.3 Å². The van der Waals surface area contributed by atoms with Crippen molar-refractivity contribution in [2.45, 2.75) is 13.0 Å². The van der Waals surface area contributed by atoms with Gasteiger partial charge in [0.15, 0.2) is 11.5 Å². The quantitative estimate of drug-likeness (QED) is 0.914. The van der Waals surface area contributed by atoms with Crippen LogP contribution in [-0.4, -0.2) is 36.8 Å². The monoisotopic (exact) mass is 314 g/mol. The van der Waals surface area contributed by atoms with E-state index in [-0.39, 0.29) is 12.0 Å². The summed E-state index contributed by atoms with van der Waals surface area (Å²) in [7, 11) is 0. The van der Waals surface area contributed by atoms with Gasteiger partial charge in [-0.15, -0.1) is 0 Å². The van der Waals surface area contributed by atoms with Gasteiger partial charge in [0.1, 0.15) is 25.1 Å². The van der Waals surface area contributed by atoms with E-state index >= 15 is 0 Å². The third-order valence-corrected chi connectivity index (χ3v) is 3.33. The highest BCUT2D eigenvalue weighted by Gasteiger charge is 2.20. The zero-order valence-electron chi connectivity index (χ0n) is 12.8. The largest absolute Gasteiger partial charge is 0.487 e. The van der Waals surface area contributed by atoms with E-state index in [0.29, 0.717) is 42.6 Å². The lowest BCUT2D eigenvalue weighted by molar-refractivity contribution is 0.0921. The average Bonchev–Trinajstić information content (AvgIpc) is 2.60. The molecule has 0 spiro atoms. The van der Waals surface area contributed by atoms with E-state index in [4.69, 9.17) is 14.2 Å². The van der Waals surface area contributed by atoms with E-state index in [0.717, 1.165) is 0 Å². The van der Waals surface area contributed by atoms with Gasteiger partial charge in [-0.05, 0) is 31.2 Å². The summed E-state index contributed by atoms with van der Waals surface area (Å²) in [5.74, 6) is 1.55. The molecule has 1 N–H and O–H groups in total. The van der Waals surface area contributed by atoms with Gasteiger partial charge in [0.05, 0.1) is 18.3 Å². The number of benzene rings is 1. The predicted octanol–water partition coefficient (Wildman–Crippen LogP) is 2.05. The Labute approximate surface area is 134 Å². The third kappa shape index (κ3) is 3.71. The van der Waals surface area contributed by atoms with Crippen LogP contribution in [0.5, 0.6) is 17.2 Å². The van der Waals surface area contributed by atoms with Crippen molar-refractivity contribution in [1.82, 2.24) is 10.3 Å². The van der Waals surface area contributed by atoms with Crippen molar-refractivity contribution in [3.8, 4) is 17.2 Å². The van der Waals surface area contributed by atoms with E-state index < -0.39 is 0 Å². The summed E-state index contributed by atoms with van der Waals surface area (Å²) in [4.78, 5) is 16.3. The highest BCUT2D eigenvalue weighted by Crippen LogP contribution is 2.33. The van der Waals surface area contributed by atoms with Gasteiger partial charge in [-0.25, -0.2) is 0 Å². The van der Waals surface area contributed by atoms with Crippen LogP contribution in [-0.2, 0) is 0 Å². The normalized spacial score (nSPS) is 14.0. The van der Waals surface area contributed by atoms with Crippen molar-refractivity contribution in [3.63, 3.8) is 0 Å². The number of pyridine rings is 1. The molecule has 1 atom stereocenters. The maximum Gasteiger partial charge on any atom is 0.255 e. The Morgan fingerprint density at radius 3 is 3.00 bits per heavy atom. The number of aromatic nitrogens is 1. The van der Waals surface area contributed by atoms with Gasteiger partial charge in [-0.2, -0.15) is 0 Å². The molecule has 6 heteroatoms. The summed E-state index contributed by atoms with van der Waals surface area (Å²) in [6.45, 7) is 3.19. The number of nitrogens with one attached hydrogen (secondary N) is 1. The van der Waals surface area contributed by atoms with E-state index in [9.17, 15) is 4.79 Å². The van der Waals surface area contributed by atoms with Crippen LogP contribution in [0.15, 0.2) is 42.7 Å². The number of nitrogens with zero attached hydrogens (tertiary/aromatic N) is 1. The van der Waals surface area contributed by atoms with Crippen molar-refractivity contribution in [1.29, 1.82) is 0 Å². The first-order valence-electron chi connectivity index (χ1n) is 7.47. The van der Waals surface area contributed by atoms with Crippen LogP contribution >= 0.6 is 0 Å². The fourth-order valence-electron chi connectivity index (χ4n) is 2.27. The molecule has 6 nitrogen and oxygen atoms in total. The van der Waals surface area contributed by atoms with Gasteiger partial charge in [-0.3, -0.25) is 9.78 Å². The van der Waals surface area contributed by atoms with Crippen LogP contribution in [0.25, 0.3) is 0 Å². The predicted molar refractivity (Wildman–Crippen MR) is 84.1 cm³/mol. The van der Waals surface area contributed by atoms with Crippen LogP contribution in [0.3, 0.4) is 0 Å². The molecule has 0 saturated carbocycles. The van der Waals surface area contributed by atoms with E-state index in [1.54, 1.807) is 36.7 Å². The molecule has 2 heterocycles. The van der Waals surface area contributed by atoms with Gasteiger partial charge >= 0.3 is 0 Å². The molecule has 1 amide bonds. The second-order valence-electron chi connectivity index (χ2n) is 5.16. The maximum absolute atomic E-state index is 12.4. The zero-order valence-corrected chi connectivity index (χ0v) is 12.8. The Bertz CT molecular complexity index is 676. The summed E-state index contributed by atoms with van der Waals surface area (Å²) in [5.41, 5.74) is 0.468. The van der Waals surface area contributed by atoms with Gasteiger partial charge in [0.2, 0.25) is 0 Å². The molecule has 1 aliphatic heterocycles. The number of hydrogen-bond donors (Lipinski definition) is 1. The van der Waals surface area contributed by atoms with Crippen LogP contribution in [0, 0.1) is 0 Å². The van der Waals surface area contributed by atoms with Crippen molar-refractivity contribution >= 4 is 5.91 Å². The molecule has 0 fully saturated rings. The molecule has 120 valence electrons. The molecule has 1 aromatic heterocycles. The lowest BCUT2D eigenvalue weighted by Gasteiger charge is -2.21. The molecular weight excluding hydrogens is 296 g/mol. The number of para-hydroxylation sites is 1. The zero-order chi connectivity index (χ0) is 16.1. The van der Waals surface area contributed by atoms with Crippen molar-refractivity contribution in [2.24, 2.45) is 0 Å². The number of hydrogen-bond acceptors (Lipinski definition) is 5. The van der Waals surface area contributed by atoms with E-state index in [1.807, 2.05) is 13.0 Å². The molecule has 1 aliphatic rings. The van der Waals surface area contributed by atoms with Crippen LogP contribution in [0.2, 0.25) is 0 Å². The summed E-state index contributed by atoms with van der Waals surface area (Å²) in [5, 5.41) is 2.85. The first-order valence-corrected chi connectivity index (χ1v) is 7.47. The lowest BCUT2D eigenvalue weighted by Crippen LogP contribution is -2.34. The molecule has 1 aromatic carbocycles. The third-order valence-electron chi connectivity index (χ3n) is 3.33. The molecule has 3 rings (SSSR count). The number of ether oxygens (including phenoxy) is 3. The smallest absolute Gasteiger partial charge is 0.255 e. The summed E-state index contributed by atoms with van der Waals surface area (Å²) < 4.78 is 16.7. The summed E-state index contributed by atoms with van der Waals surface area (Å²) in [6.07, 6.45) is 3.14. The minimum Gasteiger partial charge on any atom is -0.487 e. The molecule has 0 bridgehead atoms. The number of carbonyl (C=O) groups excluding carboxylic acids is 1. The topological polar surface area (TPSA) is 69.7 Å². The standard InChI is InChI=1S/C17H18N2O4/c1-12(23-13-4-3-7-18-11-13)10-19-17(20)14-5-2-6-15-16(14)22-9-8-21-15/h2-7,11-12H,8-10H2,1H3,(H,19,20). The Balaban J connectivity index is 1.59. The fraction of sp³-hybridized carbons (Fsp3) is 0.294. The number of amides is 1. The molecule has 1 unspecified atom stereocenters. The Morgan fingerprint density at radius 1 is 1.30 bits per heavy atom. The molecule has 0 saturated heterocycles. The number of rotatable bonds is 5. The SMILES string of the molecule is CC(CNC(=O)c1cccc2c1OCCO2)Oc1cccnc1. The maximum atomic E-state index is 12.4. The number of carbonyl (C=O) groups is 1.